The maximum Gasteiger partial charge on any atom is 0.411 e. The van der Waals surface area contributed by atoms with Crippen LogP contribution in [0.3, 0.4) is 0 Å². The summed E-state index contributed by atoms with van der Waals surface area (Å²) in [5, 5.41) is 0. The number of rotatable bonds is 1. The summed E-state index contributed by atoms with van der Waals surface area (Å²) >= 11 is 0. The summed E-state index contributed by atoms with van der Waals surface area (Å²) in [6.45, 7) is 5.45. The van der Waals surface area contributed by atoms with Gasteiger partial charge in [-0.2, -0.15) is 0 Å². The molecule has 2 fully saturated rings. The molecule has 17 heavy (non-hydrogen) atoms. The van der Waals surface area contributed by atoms with Gasteiger partial charge in [0.25, 0.3) is 0 Å². The number of fused-ring (bicyclic) bond motifs is 2. The molecule has 2 amide bonds. The van der Waals surface area contributed by atoms with Crippen LogP contribution in [0.1, 0.15) is 40.0 Å². The monoisotopic (exact) mass is 240 g/mol. The van der Waals surface area contributed by atoms with Crippen molar-refractivity contribution in [3.8, 4) is 0 Å². The SMILES string of the molecule is CC(C)(C)OC(=O)N1C2CCC(C2)C1C(N)=O. The number of nitrogens with two attached hydrogens (primary N) is 1. The van der Waals surface area contributed by atoms with Gasteiger partial charge in [0, 0.05) is 6.04 Å². The summed E-state index contributed by atoms with van der Waals surface area (Å²) in [6, 6.07) is -0.337. The molecule has 1 aliphatic heterocycles. The Kier molecular flexibility index (Phi) is 2.79. The summed E-state index contributed by atoms with van der Waals surface area (Å²) in [5.74, 6) is -0.187. The molecule has 0 radical (unpaired) electrons. The van der Waals surface area contributed by atoms with Crippen molar-refractivity contribution in [1.29, 1.82) is 0 Å². The third-order valence-electron chi connectivity index (χ3n) is 3.48. The number of piperidine rings is 1. The van der Waals surface area contributed by atoms with E-state index in [1.165, 1.54) is 0 Å². The molecule has 96 valence electrons. The van der Waals surface area contributed by atoms with Gasteiger partial charge in [-0.05, 0) is 46.0 Å². The van der Waals surface area contributed by atoms with Crippen molar-refractivity contribution in [2.45, 2.75) is 57.7 Å². The third-order valence-corrected chi connectivity index (χ3v) is 3.48. The van der Waals surface area contributed by atoms with Gasteiger partial charge in [0.15, 0.2) is 0 Å². The fraction of sp³-hybridized carbons (Fsp3) is 0.833. The van der Waals surface area contributed by atoms with Crippen molar-refractivity contribution in [1.82, 2.24) is 4.90 Å². The second-order valence-electron chi connectivity index (χ2n) is 5.96. The number of carbonyl (C=O) groups is 2. The number of hydrogen-bond donors (Lipinski definition) is 1. The molecule has 0 spiro atoms. The lowest BCUT2D eigenvalue weighted by atomic mass is 9.98. The molecular formula is C12H20N2O3. The molecule has 1 heterocycles. The lowest BCUT2D eigenvalue weighted by Gasteiger charge is -2.34. The molecule has 1 saturated carbocycles. The molecule has 0 aromatic heterocycles. The maximum absolute atomic E-state index is 12.1. The number of likely N-dealkylation sites (tertiary alicyclic amines) is 1. The summed E-state index contributed by atoms with van der Waals surface area (Å²) in [5.41, 5.74) is 4.85. The van der Waals surface area contributed by atoms with Crippen LogP contribution in [0.4, 0.5) is 4.79 Å². The van der Waals surface area contributed by atoms with E-state index in [-0.39, 0.29) is 12.0 Å². The van der Waals surface area contributed by atoms with Crippen molar-refractivity contribution in [3.63, 3.8) is 0 Å². The van der Waals surface area contributed by atoms with Crippen LogP contribution in [-0.4, -0.2) is 34.6 Å². The topological polar surface area (TPSA) is 72.6 Å². The summed E-state index contributed by atoms with van der Waals surface area (Å²) in [7, 11) is 0. The first-order valence-electron chi connectivity index (χ1n) is 6.10. The molecule has 0 aromatic rings. The minimum Gasteiger partial charge on any atom is -0.444 e. The van der Waals surface area contributed by atoms with E-state index in [4.69, 9.17) is 10.5 Å². The van der Waals surface area contributed by atoms with Crippen LogP contribution in [0, 0.1) is 5.92 Å². The van der Waals surface area contributed by atoms with Gasteiger partial charge in [-0.1, -0.05) is 0 Å². The van der Waals surface area contributed by atoms with E-state index >= 15 is 0 Å². The van der Waals surface area contributed by atoms with Crippen LogP contribution in [-0.2, 0) is 9.53 Å². The van der Waals surface area contributed by atoms with E-state index in [2.05, 4.69) is 0 Å². The predicted molar refractivity (Wildman–Crippen MR) is 62.2 cm³/mol. The van der Waals surface area contributed by atoms with Crippen LogP contribution in [0.25, 0.3) is 0 Å². The summed E-state index contributed by atoms with van der Waals surface area (Å²) in [4.78, 5) is 25.1. The number of amides is 2. The maximum atomic E-state index is 12.1. The van der Waals surface area contributed by atoms with E-state index < -0.39 is 23.6 Å². The van der Waals surface area contributed by atoms with Gasteiger partial charge in [-0.15, -0.1) is 0 Å². The van der Waals surface area contributed by atoms with Crippen molar-refractivity contribution in [3.05, 3.63) is 0 Å². The number of carbonyl (C=O) groups excluding carboxylic acids is 2. The predicted octanol–water partition coefficient (Wildman–Crippen LogP) is 1.26. The van der Waals surface area contributed by atoms with Crippen molar-refractivity contribution >= 4 is 12.0 Å². The zero-order valence-electron chi connectivity index (χ0n) is 10.6. The second-order valence-corrected chi connectivity index (χ2v) is 5.96. The van der Waals surface area contributed by atoms with E-state index in [1.54, 1.807) is 4.90 Å². The minimum absolute atomic E-state index is 0.132. The Morgan fingerprint density at radius 1 is 1.29 bits per heavy atom. The van der Waals surface area contributed by atoms with Gasteiger partial charge < -0.3 is 10.5 Å². The zero-order chi connectivity index (χ0) is 12.8. The van der Waals surface area contributed by atoms with Crippen molar-refractivity contribution < 1.29 is 14.3 Å². The number of nitrogens with zero attached hydrogens (tertiary/aromatic N) is 1. The summed E-state index contributed by atoms with van der Waals surface area (Å²) in [6.07, 6.45) is 2.41. The van der Waals surface area contributed by atoms with Crippen LogP contribution in [0.2, 0.25) is 0 Å². The Labute approximate surface area is 101 Å². The van der Waals surface area contributed by atoms with Gasteiger partial charge >= 0.3 is 6.09 Å². The number of primary amides is 1. The lowest BCUT2D eigenvalue weighted by Crippen LogP contribution is -2.52. The Hall–Kier alpha value is -1.26. The Balaban J connectivity index is 2.14. The van der Waals surface area contributed by atoms with E-state index in [0.717, 1.165) is 19.3 Å². The molecule has 1 aliphatic carbocycles. The van der Waals surface area contributed by atoms with Gasteiger partial charge in [-0.3, -0.25) is 9.69 Å². The van der Waals surface area contributed by atoms with Gasteiger partial charge in [0.2, 0.25) is 5.91 Å². The average molecular weight is 240 g/mol. The number of ether oxygens (including phenoxy) is 1. The standard InChI is InChI=1S/C12H20N2O3/c1-12(2,3)17-11(16)14-8-5-4-7(6-8)9(14)10(13)15/h7-9H,4-6H2,1-3H3,(H2,13,15). The van der Waals surface area contributed by atoms with E-state index in [0.29, 0.717) is 0 Å². The molecule has 2 rings (SSSR count). The highest BCUT2D eigenvalue weighted by Crippen LogP contribution is 2.42. The third kappa shape index (κ3) is 2.23. The van der Waals surface area contributed by atoms with Gasteiger partial charge in [0.05, 0.1) is 0 Å². The molecule has 1 saturated heterocycles. The van der Waals surface area contributed by atoms with Crippen molar-refractivity contribution in [2.24, 2.45) is 11.7 Å². The van der Waals surface area contributed by atoms with Crippen molar-refractivity contribution in [2.75, 3.05) is 0 Å². The Bertz CT molecular complexity index is 348. The lowest BCUT2D eigenvalue weighted by molar-refractivity contribution is -0.124. The van der Waals surface area contributed by atoms with Gasteiger partial charge in [0.1, 0.15) is 11.6 Å². The van der Waals surface area contributed by atoms with Crippen LogP contribution in [0.15, 0.2) is 0 Å². The molecule has 5 heteroatoms. The highest BCUT2D eigenvalue weighted by atomic mass is 16.6. The fourth-order valence-corrected chi connectivity index (χ4v) is 2.93. The molecule has 2 bridgehead atoms. The normalized spacial score (nSPS) is 31.7. The fourth-order valence-electron chi connectivity index (χ4n) is 2.93. The molecule has 0 aromatic carbocycles. The molecule has 2 N–H and O–H groups in total. The minimum atomic E-state index is -0.541. The summed E-state index contributed by atoms with van der Waals surface area (Å²) < 4.78 is 5.33. The highest BCUT2D eigenvalue weighted by molar-refractivity contribution is 5.86. The molecule has 2 aliphatic rings. The van der Waals surface area contributed by atoms with Crippen LogP contribution < -0.4 is 5.73 Å². The molecule has 3 unspecified atom stereocenters. The first-order chi connectivity index (χ1) is 7.79. The Morgan fingerprint density at radius 3 is 2.47 bits per heavy atom. The first-order valence-corrected chi connectivity index (χ1v) is 6.10. The van der Waals surface area contributed by atoms with E-state index in [1.807, 2.05) is 20.8 Å². The van der Waals surface area contributed by atoms with Crippen LogP contribution in [0.5, 0.6) is 0 Å². The highest BCUT2D eigenvalue weighted by Gasteiger charge is 2.51. The Morgan fingerprint density at radius 2 is 1.94 bits per heavy atom. The molecule has 3 atom stereocenters. The van der Waals surface area contributed by atoms with Gasteiger partial charge in [-0.25, -0.2) is 4.79 Å². The first kappa shape index (κ1) is 12.2. The van der Waals surface area contributed by atoms with Crippen LogP contribution >= 0.6 is 0 Å². The van der Waals surface area contributed by atoms with E-state index in [9.17, 15) is 9.59 Å². The smallest absolute Gasteiger partial charge is 0.411 e. The zero-order valence-corrected chi connectivity index (χ0v) is 10.6. The average Bonchev–Trinajstić information content (AvgIpc) is 2.72. The quantitative estimate of drug-likeness (QED) is 0.750. The molecule has 5 nitrogen and oxygen atoms in total. The largest absolute Gasteiger partial charge is 0.444 e. The molecular weight excluding hydrogens is 220 g/mol. The number of hydrogen-bond acceptors (Lipinski definition) is 3. The second kappa shape index (κ2) is 3.89.